The molecule has 4 heteroatoms. The first kappa shape index (κ1) is 12.6. The number of carbonyl (C=O) groups excluding carboxylic acids is 1. The summed E-state index contributed by atoms with van der Waals surface area (Å²) in [6.45, 7) is 0.387. The summed E-state index contributed by atoms with van der Waals surface area (Å²) in [6.07, 6.45) is 5.52. The molecule has 20 heavy (non-hydrogen) atoms. The Hall–Kier alpha value is -2.41. The standard InChI is InChI=1S/C16H13FN2O/c17-15-4-3-12(8-18)14(7-15)10-19-6-5-13(9-19)16(20)11-1-2-11/h3-7,9,11H,1-2,10H2. The van der Waals surface area contributed by atoms with Crippen LogP contribution in [0.4, 0.5) is 4.39 Å². The van der Waals surface area contributed by atoms with Gasteiger partial charge in [0.25, 0.3) is 0 Å². The molecule has 0 amide bonds. The van der Waals surface area contributed by atoms with E-state index >= 15 is 0 Å². The Morgan fingerprint density at radius 1 is 1.40 bits per heavy atom. The van der Waals surface area contributed by atoms with Gasteiger partial charge >= 0.3 is 0 Å². The molecule has 1 heterocycles. The molecule has 0 atom stereocenters. The zero-order valence-electron chi connectivity index (χ0n) is 10.8. The van der Waals surface area contributed by atoms with Crippen LogP contribution < -0.4 is 0 Å². The average molecular weight is 268 g/mol. The molecular weight excluding hydrogens is 255 g/mol. The summed E-state index contributed by atoms with van der Waals surface area (Å²) in [6, 6.07) is 7.95. The number of ketones is 1. The van der Waals surface area contributed by atoms with Gasteiger partial charge in [0.1, 0.15) is 5.82 Å². The highest BCUT2D eigenvalue weighted by Crippen LogP contribution is 2.32. The largest absolute Gasteiger partial charge is 0.349 e. The zero-order chi connectivity index (χ0) is 14.1. The summed E-state index contributed by atoms with van der Waals surface area (Å²) in [5, 5.41) is 9.03. The molecule has 0 bridgehead atoms. The highest BCUT2D eigenvalue weighted by atomic mass is 19.1. The van der Waals surface area contributed by atoms with Crippen LogP contribution in [-0.2, 0) is 6.54 Å². The van der Waals surface area contributed by atoms with E-state index in [-0.39, 0.29) is 17.5 Å². The van der Waals surface area contributed by atoms with Gasteiger partial charge in [0, 0.05) is 30.4 Å². The topological polar surface area (TPSA) is 45.8 Å². The summed E-state index contributed by atoms with van der Waals surface area (Å²) in [5.41, 5.74) is 1.77. The summed E-state index contributed by atoms with van der Waals surface area (Å²) in [5.74, 6) is 0.0126. The van der Waals surface area contributed by atoms with E-state index in [0.29, 0.717) is 23.2 Å². The number of hydrogen-bond acceptors (Lipinski definition) is 2. The van der Waals surface area contributed by atoms with Crippen LogP contribution in [0.3, 0.4) is 0 Å². The van der Waals surface area contributed by atoms with Crippen LogP contribution in [0.25, 0.3) is 0 Å². The highest BCUT2D eigenvalue weighted by molar-refractivity contribution is 5.99. The molecule has 0 N–H and O–H groups in total. The number of rotatable bonds is 4. The molecule has 1 saturated carbocycles. The fourth-order valence-electron chi connectivity index (χ4n) is 2.26. The molecule has 0 radical (unpaired) electrons. The predicted molar refractivity (Wildman–Crippen MR) is 71.7 cm³/mol. The number of halogens is 1. The van der Waals surface area contributed by atoms with Crippen LogP contribution in [-0.4, -0.2) is 10.4 Å². The van der Waals surface area contributed by atoms with E-state index in [4.69, 9.17) is 5.26 Å². The molecule has 1 fully saturated rings. The second kappa shape index (κ2) is 4.93. The quantitative estimate of drug-likeness (QED) is 0.800. The van der Waals surface area contributed by atoms with E-state index in [1.54, 1.807) is 18.5 Å². The van der Waals surface area contributed by atoms with Crippen molar-refractivity contribution in [3.63, 3.8) is 0 Å². The number of nitrogens with zero attached hydrogens (tertiary/aromatic N) is 2. The van der Waals surface area contributed by atoms with E-state index in [1.165, 1.54) is 18.2 Å². The summed E-state index contributed by atoms with van der Waals surface area (Å²) >= 11 is 0. The lowest BCUT2D eigenvalue weighted by molar-refractivity contribution is 0.0967. The van der Waals surface area contributed by atoms with Crippen molar-refractivity contribution >= 4 is 5.78 Å². The molecule has 0 spiro atoms. The number of carbonyl (C=O) groups is 1. The lowest BCUT2D eigenvalue weighted by Gasteiger charge is -2.05. The van der Waals surface area contributed by atoms with Gasteiger partial charge in [0.05, 0.1) is 11.6 Å². The van der Waals surface area contributed by atoms with Crippen molar-refractivity contribution in [1.82, 2.24) is 4.57 Å². The number of hydrogen-bond donors (Lipinski definition) is 0. The smallest absolute Gasteiger partial charge is 0.167 e. The second-order valence-electron chi connectivity index (χ2n) is 5.12. The minimum absolute atomic E-state index is 0.184. The molecule has 2 aromatic rings. The molecular formula is C16H13FN2O. The summed E-state index contributed by atoms with van der Waals surface area (Å²) in [7, 11) is 0. The van der Waals surface area contributed by atoms with Gasteiger partial charge in [0.15, 0.2) is 5.78 Å². The molecule has 0 aliphatic heterocycles. The molecule has 1 aromatic heterocycles. The van der Waals surface area contributed by atoms with Crippen LogP contribution in [0.15, 0.2) is 36.7 Å². The summed E-state index contributed by atoms with van der Waals surface area (Å²) < 4.78 is 15.1. The number of Topliss-reactive ketones (excluding diaryl/α,β-unsaturated/α-hetero) is 1. The van der Waals surface area contributed by atoms with Gasteiger partial charge in [0.2, 0.25) is 0 Å². The fraction of sp³-hybridized carbons (Fsp3) is 0.250. The molecule has 0 saturated heterocycles. The molecule has 100 valence electrons. The average Bonchev–Trinajstić information content (AvgIpc) is 3.19. The first-order valence-corrected chi connectivity index (χ1v) is 6.56. The van der Waals surface area contributed by atoms with E-state index in [0.717, 1.165) is 12.8 Å². The van der Waals surface area contributed by atoms with E-state index < -0.39 is 0 Å². The first-order chi connectivity index (χ1) is 9.67. The van der Waals surface area contributed by atoms with Crippen LogP contribution in [0.5, 0.6) is 0 Å². The molecule has 1 aromatic carbocycles. The van der Waals surface area contributed by atoms with Crippen LogP contribution in [0, 0.1) is 23.1 Å². The van der Waals surface area contributed by atoms with Gasteiger partial charge in [-0.25, -0.2) is 4.39 Å². The number of benzene rings is 1. The second-order valence-corrected chi connectivity index (χ2v) is 5.12. The first-order valence-electron chi connectivity index (χ1n) is 6.56. The van der Waals surface area contributed by atoms with Crippen molar-refractivity contribution in [1.29, 1.82) is 5.26 Å². The third-order valence-electron chi connectivity index (χ3n) is 3.52. The van der Waals surface area contributed by atoms with Crippen LogP contribution in [0.2, 0.25) is 0 Å². The van der Waals surface area contributed by atoms with Crippen molar-refractivity contribution < 1.29 is 9.18 Å². The molecule has 3 rings (SSSR count). The monoisotopic (exact) mass is 268 g/mol. The summed E-state index contributed by atoms with van der Waals surface area (Å²) in [4.78, 5) is 11.9. The van der Waals surface area contributed by atoms with Crippen molar-refractivity contribution in [3.05, 3.63) is 59.2 Å². The van der Waals surface area contributed by atoms with E-state index in [1.807, 2.05) is 4.57 Å². The normalized spacial score (nSPS) is 14.0. The molecule has 1 aliphatic carbocycles. The van der Waals surface area contributed by atoms with E-state index in [9.17, 15) is 9.18 Å². The third kappa shape index (κ3) is 2.48. The third-order valence-corrected chi connectivity index (χ3v) is 3.52. The Labute approximate surface area is 116 Å². The van der Waals surface area contributed by atoms with Gasteiger partial charge in [-0.05, 0) is 42.7 Å². The number of aromatic nitrogens is 1. The Morgan fingerprint density at radius 2 is 2.20 bits per heavy atom. The highest BCUT2D eigenvalue weighted by Gasteiger charge is 2.30. The Morgan fingerprint density at radius 3 is 2.90 bits per heavy atom. The molecule has 3 nitrogen and oxygen atoms in total. The van der Waals surface area contributed by atoms with Crippen molar-refractivity contribution in [2.75, 3.05) is 0 Å². The molecule has 0 unspecified atom stereocenters. The maximum Gasteiger partial charge on any atom is 0.167 e. The minimum Gasteiger partial charge on any atom is -0.349 e. The Kier molecular flexibility index (Phi) is 3.11. The SMILES string of the molecule is N#Cc1ccc(F)cc1Cn1ccc(C(=O)C2CC2)c1. The minimum atomic E-state index is -0.361. The lowest BCUT2D eigenvalue weighted by atomic mass is 10.1. The maximum absolute atomic E-state index is 13.3. The van der Waals surface area contributed by atoms with E-state index in [2.05, 4.69) is 6.07 Å². The predicted octanol–water partition coefficient (Wildman–Crippen LogP) is 3.14. The maximum atomic E-state index is 13.3. The van der Waals surface area contributed by atoms with Gasteiger partial charge in [-0.2, -0.15) is 5.26 Å². The Bertz CT molecular complexity index is 708. The van der Waals surface area contributed by atoms with Crippen LogP contribution >= 0.6 is 0 Å². The van der Waals surface area contributed by atoms with Crippen molar-refractivity contribution in [2.45, 2.75) is 19.4 Å². The van der Waals surface area contributed by atoms with Gasteiger partial charge < -0.3 is 4.57 Å². The van der Waals surface area contributed by atoms with Gasteiger partial charge in [-0.1, -0.05) is 0 Å². The van der Waals surface area contributed by atoms with Crippen molar-refractivity contribution in [3.8, 4) is 6.07 Å². The fourth-order valence-corrected chi connectivity index (χ4v) is 2.26. The van der Waals surface area contributed by atoms with Gasteiger partial charge in [-0.3, -0.25) is 4.79 Å². The van der Waals surface area contributed by atoms with Gasteiger partial charge in [-0.15, -0.1) is 0 Å². The lowest BCUT2D eigenvalue weighted by Crippen LogP contribution is -2.02. The van der Waals surface area contributed by atoms with Crippen LogP contribution in [0.1, 0.15) is 34.3 Å². The van der Waals surface area contributed by atoms with Crippen molar-refractivity contribution in [2.24, 2.45) is 5.92 Å². The zero-order valence-corrected chi connectivity index (χ0v) is 10.8. The number of nitriles is 1. The Balaban J connectivity index is 1.83. The molecule has 1 aliphatic rings.